The van der Waals surface area contributed by atoms with Gasteiger partial charge in [0.2, 0.25) is 0 Å². The van der Waals surface area contributed by atoms with Crippen molar-refractivity contribution in [3.8, 4) is 16.9 Å². The largest absolute Gasteiger partial charge is 0.388 e. The summed E-state index contributed by atoms with van der Waals surface area (Å²) >= 11 is 1.71. The SMILES string of the molecule is CNc1ccc2c(c1)-c1c(c(C=O)nn1-c1ccc(SC)cc1)CC2. The van der Waals surface area contributed by atoms with E-state index in [4.69, 9.17) is 0 Å². The minimum Gasteiger partial charge on any atom is -0.388 e. The van der Waals surface area contributed by atoms with Crippen molar-refractivity contribution in [2.45, 2.75) is 17.7 Å². The molecule has 3 aromatic rings. The Morgan fingerprint density at radius 2 is 1.96 bits per heavy atom. The lowest BCUT2D eigenvalue weighted by Crippen LogP contribution is -2.08. The zero-order valence-electron chi connectivity index (χ0n) is 14.2. The number of nitrogens with zero attached hydrogens (tertiary/aromatic N) is 2. The number of hydrogen-bond acceptors (Lipinski definition) is 4. The fraction of sp³-hybridized carbons (Fsp3) is 0.200. The summed E-state index contributed by atoms with van der Waals surface area (Å²) < 4.78 is 1.92. The summed E-state index contributed by atoms with van der Waals surface area (Å²) in [5.41, 5.74) is 7.12. The highest BCUT2D eigenvalue weighted by Gasteiger charge is 2.25. The molecule has 1 aliphatic rings. The van der Waals surface area contributed by atoms with E-state index in [9.17, 15) is 4.79 Å². The maximum absolute atomic E-state index is 11.6. The average Bonchev–Trinajstić information content (AvgIpc) is 3.06. The molecule has 0 unspecified atom stereocenters. The Morgan fingerprint density at radius 3 is 2.64 bits per heavy atom. The standard InChI is InChI=1S/C20H19N3OS/c1-21-14-5-3-13-4-10-17-19(12-24)22-23(20(17)18(13)11-14)15-6-8-16(25-2)9-7-15/h3,5-9,11-12,21H,4,10H2,1-2H3. The van der Waals surface area contributed by atoms with Crippen LogP contribution in [0.25, 0.3) is 16.9 Å². The molecule has 4 rings (SSSR count). The van der Waals surface area contributed by atoms with Crippen molar-refractivity contribution in [2.75, 3.05) is 18.6 Å². The van der Waals surface area contributed by atoms with Gasteiger partial charge in [-0.25, -0.2) is 4.68 Å². The first-order valence-electron chi connectivity index (χ1n) is 8.27. The number of nitrogens with one attached hydrogen (secondary N) is 1. The zero-order valence-corrected chi connectivity index (χ0v) is 15.1. The lowest BCUT2D eigenvalue weighted by Gasteiger charge is -2.19. The van der Waals surface area contributed by atoms with E-state index in [-0.39, 0.29) is 0 Å². The van der Waals surface area contributed by atoms with Crippen LogP contribution in [0.1, 0.15) is 21.6 Å². The highest BCUT2D eigenvalue weighted by molar-refractivity contribution is 7.98. The van der Waals surface area contributed by atoms with E-state index >= 15 is 0 Å². The molecule has 0 saturated heterocycles. The normalized spacial score (nSPS) is 12.4. The van der Waals surface area contributed by atoms with E-state index in [1.54, 1.807) is 11.8 Å². The Morgan fingerprint density at radius 1 is 1.16 bits per heavy atom. The molecule has 25 heavy (non-hydrogen) atoms. The van der Waals surface area contributed by atoms with Gasteiger partial charge in [-0.2, -0.15) is 5.10 Å². The highest BCUT2D eigenvalue weighted by Crippen LogP contribution is 2.38. The van der Waals surface area contributed by atoms with Crippen molar-refractivity contribution in [3.05, 3.63) is 59.3 Å². The number of aryl methyl sites for hydroxylation is 1. The van der Waals surface area contributed by atoms with Gasteiger partial charge in [-0.05, 0) is 61.1 Å². The highest BCUT2D eigenvalue weighted by atomic mass is 32.2. The zero-order chi connectivity index (χ0) is 17.4. The van der Waals surface area contributed by atoms with Crippen LogP contribution in [0.3, 0.4) is 0 Å². The number of aldehydes is 1. The molecule has 0 spiro atoms. The summed E-state index contributed by atoms with van der Waals surface area (Å²) in [5, 5.41) is 7.81. The van der Waals surface area contributed by atoms with Crippen LogP contribution in [0.2, 0.25) is 0 Å². The number of thioether (sulfide) groups is 1. The van der Waals surface area contributed by atoms with Gasteiger partial charge < -0.3 is 5.32 Å². The molecule has 0 amide bonds. The number of aromatic nitrogens is 2. The van der Waals surface area contributed by atoms with E-state index in [1.165, 1.54) is 10.5 Å². The van der Waals surface area contributed by atoms with Crippen molar-refractivity contribution in [3.63, 3.8) is 0 Å². The Hall–Kier alpha value is -2.53. The van der Waals surface area contributed by atoms with Crippen LogP contribution in [0.5, 0.6) is 0 Å². The summed E-state index contributed by atoms with van der Waals surface area (Å²) in [6.07, 6.45) is 4.71. The molecular formula is C20H19N3OS. The molecule has 1 aliphatic carbocycles. The smallest absolute Gasteiger partial charge is 0.170 e. The van der Waals surface area contributed by atoms with Gasteiger partial charge in [0.1, 0.15) is 5.69 Å². The number of benzene rings is 2. The van der Waals surface area contributed by atoms with Gasteiger partial charge in [-0.15, -0.1) is 11.8 Å². The maximum atomic E-state index is 11.6. The van der Waals surface area contributed by atoms with Crippen molar-refractivity contribution < 1.29 is 4.79 Å². The Balaban J connectivity index is 1.95. The number of rotatable bonds is 4. The molecule has 126 valence electrons. The molecule has 0 radical (unpaired) electrons. The van der Waals surface area contributed by atoms with Gasteiger partial charge in [-0.1, -0.05) is 6.07 Å². The van der Waals surface area contributed by atoms with Crippen molar-refractivity contribution in [1.29, 1.82) is 0 Å². The number of carbonyl (C=O) groups is 1. The molecule has 2 aromatic carbocycles. The van der Waals surface area contributed by atoms with Gasteiger partial charge in [0.15, 0.2) is 6.29 Å². The molecule has 0 saturated carbocycles. The topological polar surface area (TPSA) is 46.9 Å². The summed E-state index contributed by atoms with van der Waals surface area (Å²) in [7, 11) is 1.92. The molecule has 0 atom stereocenters. The van der Waals surface area contributed by atoms with Crippen molar-refractivity contribution in [2.24, 2.45) is 0 Å². The third kappa shape index (κ3) is 2.65. The predicted octanol–water partition coefficient (Wildman–Crippen LogP) is 4.21. The lowest BCUT2D eigenvalue weighted by atomic mass is 9.88. The van der Waals surface area contributed by atoms with E-state index in [0.29, 0.717) is 5.69 Å². The quantitative estimate of drug-likeness (QED) is 0.566. The number of fused-ring (bicyclic) bond motifs is 3. The van der Waals surface area contributed by atoms with E-state index in [2.05, 4.69) is 59.1 Å². The summed E-state index contributed by atoms with van der Waals surface area (Å²) in [5.74, 6) is 0. The van der Waals surface area contributed by atoms with Crippen LogP contribution in [0, 0.1) is 0 Å². The second-order valence-electron chi connectivity index (χ2n) is 6.06. The van der Waals surface area contributed by atoms with Gasteiger partial charge in [0.25, 0.3) is 0 Å². The van der Waals surface area contributed by atoms with Crippen LogP contribution in [0.4, 0.5) is 5.69 Å². The first kappa shape index (κ1) is 16.0. The third-order valence-corrected chi connectivity index (χ3v) is 5.48. The molecule has 0 aliphatic heterocycles. The Labute approximate surface area is 151 Å². The second kappa shape index (κ2) is 6.41. The molecule has 0 bridgehead atoms. The van der Waals surface area contributed by atoms with Crippen molar-refractivity contribution >= 4 is 23.7 Å². The van der Waals surface area contributed by atoms with Crippen LogP contribution >= 0.6 is 11.8 Å². The van der Waals surface area contributed by atoms with Crippen molar-refractivity contribution in [1.82, 2.24) is 9.78 Å². The maximum Gasteiger partial charge on any atom is 0.170 e. The minimum atomic E-state index is 0.546. The summed E-state index contributed by atoms with van der Waals surface area (Å²) in [4.78, 5) is 12.8. The van der Waals surface area contributed by atoms with Crippen LogP contribution in [-0.4, -0.2) is 29.4 Å². The Bertz CT molecular complexity index is 944. The monoisotopic (exact) mass is 349 g/mol. The third-order valence-electron chi connectivity index (χ3n) is 4.74. The lowest BCUT2D eigenvalue weighted by molar-refractivity contribution is 0.111. The fourth-order valence-corrected chi connectivity index (χ4v) is 3.83. The molecule has 5 heteroatoms. The summed E-state index contributed by atoms with van der Waals surface area (Å²) in [6, 6.07) is 14.7. The second-order valence-corrected chi connectivity index (χ2v) is 6.94. The average molecular weight is 349 g/mol. The minimum absolute atomic E-state index is 0.546. The van der Waals surface area contributed by atoms with Crippen LogP contribution < -0.4 is 5.32 Å². The fourth-order valence-electron chi connectivity index (χ4n) is 3.43. The van der Waals surface area contributed by atoms with E-state index in [0.717, 1.165) is 47.3 Å². The van der Waals surface area contributed by atoms with Gasteiger partial charge in [-0.3, -0.25) is 4.79 Å². The predicted molar refractivity (Wildman–Crippen MR) is 103 cm³/mol. The van der Waals surface area contributed by atoms with Crippen LogP contribution in [0.15, 0.2) is 47.4 Å². The molecular weight excluding hydrogens is 330 g/mol. The van der Waals surface area contributed by atoms with Gasteiger partial charge in [0, 0.05) is 28.8 Å². The van der Waals surface area contributed by atoms with E-state index < -0.39 is 0 Å². The number of hydrogen-bond donors (Lipinski definition) is 1. The molecule has 1 aromatic heterocycles. The molecule has 1 N–H and O–H groups in total. The molecule has 4 nitrogen and oxygen atoms in total. The van der Waals surface area contributed by atoms with E-state index in [1.807, 2.05) is 11.7 Å². The van der Waals surface area contributed by atoms with Gasteiger partial charge >= 0.3 is 0 Å². The number of anilines is 1. The molecule has 1 heterocycles. The molecule has 0 fully saturated rings. The summed E-state index contributed by atoms with van der Waals surface area (Å²) in [6.45, 7) is 0. The Kier molecular flexibility index (Phi) is 4.09. The first-order valence-corrected chi connectivity index (χ1v) is 9.50. The van der Waals surface area contributed by atoms with Crippen LogP contribution in [-0.2, 0) is 12.8 Å². The van der Waals surface area contributed by atoms with Gasteiger partial charge in [0.05, 0.1) is 11.4 Å². The number of carbonyl (C=O) groups excluding carboxylic acids is 1. The first-order chi connectivity index (χ1) is 12.2.